The Hall–Kier alpha value is -1.81. The summed E-state index contributed by atoms with van der Waals surface area (Å²) in [4.78, 5) is 16.8. The zero-order chi connectivity index (χ0) is 16.7. The van der Waals surface area contributed by atoms with Gasteiger partial charge in [0.2, 0.25) is 5.91 Å². The van der Waals surface area contributed by atoms with Crippen LogP contribution < -0.4 is 0 Å². The lowest BCUT2D eigenvalue weighted by Crippen LogP contribution is -2.37. The number of likely N-dealkylation sites (N-methyl/N-ethyl adjacent to an activating group) is 1. The zero-order valence-corrected chi connectivity index (χ0v) is 14.8. The summed E-state index contributed by atoms with van der Waals surface area (Å²) in [6.45, 7) is 5.60. The minimum absolute atomic E-state index is 0.0593. The SMILES string of the molecule is CC(C)C(=O)N1C[C@@H](N(C)C)[C@H](c2cn(C)c3ccccc23)C1. The monoisotopic (exact) mass is 313 g/mol. The Morgan fingerprint density at radius 1 is 1.22 bits per heavy atom. The molecule has 0 bridgehead atoms. The lowest BCUT2D eigenvalue weighted by atomic mass is 9.93. The first-order valence-corrected chi connectivity index (χ1v) is 8.39. The van der Waals surface area contributed by atoms with Crippen molar-refractivity contribution in [2.75, 3.05) is 27.2 Å². The Balaban J connectivity index is 2.00. The van der Waals surface area contributed by atoms with Crippen molar-refractivity contribution in [1.29, 1.82) is 0 Å². The van der Waals surface area contributed by atoms with Gasteiger partial charge in [0.25, 0.3) is 0 Å². The highest BCUT2D eigenvalue weighted by molar-refractivity contribution is 5.85. The summed E-state index contributed by atoms with van der Waals surface area (Å²) in [7, 11) is 6.33. The van der Waals surface area contributed by atoms with Crippen LogP contribution in [0.3, 0.4) is 0 Å². The first-order valence-electron chi connectivity index (χ1n) is 8.39. The van der Waals surface area contributed by atoms with Crippen LogP contribution in [0.25, 0.3) is 10.9 Å². The second-order valence-corrected chi connectivity index (χ2v) is 7.25. The van der Waals surface area contributed by atoms with E-state index in [-0.39, 0.29) is 11.8 Å². The van der Waals surface area contributed by atoms with E-state index in [1.807, 2.05) is 18.7 Å². The smallest absolute Gasteiger partial charge is 0.225 e. The molecule has 2 atom stereocenters. The highest BCUT2D eigenvalue weighted by atomic mass is 16.2. The molecule has 1 saturated heterocycles. The maximum Gasteiger partial charge on any atom is 0.225 e. The molecule has 0 spiro atoms. The summed E-state index contributed by atoms with van der Waals surface area (Å²) in [5.41, 5.74) is 2.62. The van der Waals surface area contributed by atoms with Gasteiger partial charge in [0.05, 0.1) is 0 Å². The number of amides is 1. The van der Waals surface area contributed by atoms with E-state index in [4.69, 9.17) is 0 Å². The number of aromatic nitrogens is 1. The second-order valence-electron chi connectivity index (χ2n) is 7.25. The normalized spacial score (nSPS) is 21.8. The van der Waals surface area contributed by atoms with Crippen LogP contribution in [-0.2, 0) is 11.8 Å². The molecule has 1 aliphatic heterocycles. The number of rotatable bonds is 3. The summed E-state index contributed by atoms with van der Waals surface area (Å²) < 4.78 is 2.20. The predicted octanol–water partition coefficient (Wildman–Crippen LogP) is 2.69. The fourth-order valence-corrected chi connectivity index (χ4v) is 3.83. The summed E-state index contributed by atoms with van der Waals surface area (Å²) in [6, 6.07) is 8.91. The Morgan fingerprint density at radius 2 is 1.91 bits per heavy atom. The molecule has 4 nitrogen and oxygen atoms in total. The van der Waals surface area contributed by atoms with E-state index in [0.717, 1.165) is 13.1 Å². The average molecular weight is 313 g/mol. The Bertz CT molecular complexity index is 716. The number of likely N-dealkylation sites (tertiary alicyclic amines) is 1. The molecule has 4 heteroatoms. The Morgan fingerprint density at radius 3 is 2.57 bits per heavy atom. The van der Waals surface area contributed by atoms with Gasteiger partial charge in [-0.25, -0.2) is 0 Å². The minimum Gasteiger partial charge on any atom is -0.350 e. The first kappa shape index (κ1) is 16.1. The van der Waals surface area contributed by atoms with Gasteiger partial charge in [-0.3, -0.25) is 4.79 Å². The molecule has 2 aromatic rings. The third kappa shape index (κ3) is 2.76. The van der Waals surface area contributed by atoms with Crippen molar-refractivity contribution in [2.45, 2.75) is 25.8 Å². The average Bonchev–Trinajstić information content (AvgIpc) is 3.09. The fraction of sp³-hybridized carbons (Fsp3) is 0.526. The topological polar surface area (TPSA) is 28.5 Å². The molecule has 0 aliphatic carbocycles. The van der Waals surface area contributed by atoms with Gasteiger partial charge >= 0.3 is 0 Å². The Labute approximate surface area is 138 Å². The van der Waals surface area contributed by atoms with E-state index in [1.54, 1.807) is 0 Å². The molecule has 0 N–H and O–H groups in total. The van der Waals surface area contributed by atoms with Gasteiger partial charge in [0, 0.05) is 55.1 Å². The van der Waals surface area contributed by atoms with E-state index < -0.39 is 0 Å². The maximum atomic E-state index is 12.5. The van der Waals surface area contributed by atoms with Gasteiger partial charge in [-0.1, -0.05) is 32.0 Å². The number of carbonyl (C=O) groups excluding carboxylic acids is 1. The maximum absolute atomic E-state index is 12.5. The van der Waals surface area contributed by atoms with Crippen LogP contribution in [0.5, 0.6) is 0 Å². The van der Waals surface area contributed by atoms with Crippen molar-refractivity contribution in [3.8, 4) is 0 Å². The van der Waals surface area contributed by atoms with Crippen LogP contribution in [-0.4, -0.2) is 53.5 Å². The number of hydrogen-bond donors (Lipinski definition) is 0. The molecule has 0 saturated carbocycles. The molecule has 1 aromatic carbocycles. The molecule has 1 aromatic heterocycles. The van der Waals surface area contributed by atoms with Gasteiger partial charge in [-0.15, -0.1) is 0 Å². The highest BCUT2D eigenvalue weighted by Gasteiger charge is 2.39. The van der Waals surface area contributed by atoms with E-state index in [9.17, 15) is 4.79 Å². The van der Waals surface area contributed by atoms with Gasteiger partial charge < -0.3 is 14.4 Å². The van der Waals surface area contributed by atoms with E-state index in [2.05, 4.69) is 61.1 Å². The lowest BCUT2D eigenvalue weighted by molar-refractivity contribution is -0.133. The van der Waals surface area contributed by atoms with Crippen LogP contribution in [0.15, 0.2) is 30.5 Å². The van der Waals surface area contributed by atoms with Crippen LogP contribution in [0, 0.1) is 5.92 Å². The summed E-state index contributed by atoms with van der Waals surface area (Å²) in [6.07, 6.45) is 2.25. The van der Waals surface area contributed by atoms with Gasteiger partial charge in [-0.2, -0.15) is 0 Å². The van der Waals surface area contributed by atoms with Gasteiger partial charge in [-0.05, 0) is 25.7 Å². The minimum atomic E-state index is 0.0593. The van der Waals surface area contributed by atoms with Gasteiger partial charge in [0.1, 0.15) is 0 Å². The highest BCUT2D eigenvalue weighted by Crippen LogP contribution is 2.35. The summed E-state index contributed by atoms with van der Waals surface area (Å²) in [5, 5.41) is 1.31. The van der Waals surface area contributed by atoms with Crippen molar-refractivity contribution in [2.24, 2.45) is 13.0 Å². The molecule has 3 rings (SSSR count). The summed E-state index contributed by atoms with van der Waals surface area (Å²) >= 11 is 0. The number of carbonyl (C=O) groups is 1. The van der Waals surface area contributed by atoms with Gasteiger partial charge in [0.15, 0.2) is 0 Å². The van der Waals surface area contributed by atoms with Crippen molar-refractivity contribution in [3.05, 3.63) is 36.0 Å². The molecule has 23 heavy (non-hydrogen) atoms. The standard InChI is InChI=1S/C19H27N3O/c1-13(2)19(23)22-11-16(18(12-22)20(3)4)15-10-21(5)17-9-7-6-8-14(15)17/h6-10,13,16,18H,11-12H2,1-5H3/t16-,18+/m0/s1. The molecule has 1 aliphatic rings. The number of benzene rings is 1. The third-order valence-electron chi connectivity index (χ3n) is 5.09. The van der Waals surface area contributed by atoms with Crippen molar-refractivity contribution >= 4 is 16.8 Å². The van der Waals surface area contributed by atoms with E-state index in [0.29, 0.717) is 12.0 Å². The molecule has 0 radical (unpaired) electrons. The molecular formula is C19H27N3O. The fourth-order valence-electron chi connectivity index (χ4n) is 3.83. The van der Waals surface area contributed by atoms with Crippen LogP contribution in [0.4, 0.5) is 0 Å². The zero-order valence-electron chi connectivity index (χ0n) is 14.8. The summed E-state index contributed by atoms with van der Waals surface area (Å²) in [5.74, 6) is 0.683. The second kappa shape index (κ2) is 6.00. The van der Waals surface area contributed by atoms with Crippen molar-refractivity contribution in [1.82, 2.24) is 14.4 Å². The number of para-hydroxylation sites is 1. The van der Waals surface area contributed by atoms with Crippen LogP contribution >= 0.6 is 0 Å². The molecule has 1 amide bonds. The van der Waals surface area contributed by atoms with Crippen molar-refractivity contribution < 1.29 is 4.79 Å². The van der Waals surface area contributed by atoms with E-state index >= 15 is 0 Å². The molecule has 124 valence electrons. The largest absolute Gasteiger partial charge is 0.350 e. The number of aryl methyl sites for hydroxylation is 1. The molecule has 0 unspecified atom stereocenters. The Kier molecular flexibility index (Phi) is 4.19. The number of hydrogen-bond acceptors (Lipinski definition) is 2. The third-order valence-corrected chi connectivity index (χ3v) is 5.09. The van der Waals surface area contributed by atoms with Crippen molar-refractivity contribution in [3.63, 3.8) is 0 Å². The lowest BCUT2D eigenvalue weighted by Gasteiger charge is -2.24. The number of nitrogens with zero attached hydrogens (tertiary/aromatic N) is 3. The van der Waals surface area contributed by atoms with E-state index in [1.165, 1.54) is 16.5 Å². The quantitative estimate of drug-likeness (QED) is 0.871. The molecule has 1 fully saturated rings. The van der Waals surface area contributed by atoms with Crippen LogP contribution in [0.2, 0.25) is 0 Å². The van der Waals surface area contributed by atoms with Crippen LogP contribution in [0.1, 0.15) is 25.3 Å². The molecular weight excluding hydrogens is 286 g/mol. The predicted molar refractivity (Wildman–Crippen MR) is 94.6 cm³/mol. The first-order chi connectivity index (χ1) is 10.9. The number of fused-ring (bicyclic) bond motifs is 1. The molecule has 2 heterocycles.